The first-order valence-corrected chi connectivity index (χ1v) is 9.27. The predicted molar refractivity (Wildman–Crippen MR) is 94.9 cm³/mol. The summed E-state index contributed by atoms with van der Waals surface area (Å²) in [5.41, 5.74) is 6.18. The summed E-state index contributed by atoms with van der Waals surface area (Å²) in [6, 6.07) is 3.35. The van der Waals surface area contributed by atoms with Crippen LogP contribution in [0.25, 0.3) is 11.4 Å². The number of nitrogens with two attached hydrogens (primary N) is 1. The van der Waals surface area contributed by atoms with Crippen LogP contribution in [0.5, 0.6) is 0 Å². The Morgan fingerprint density at radius 1 is 1.28 bits per heavy atom. The van der Waals surface area contributed by atoms with E-state index < -0.39 is 5.91 Å². The van der Waals surface area contributed by atoms with Gasteiger partial charge in [-0.1, -0.05) is 37.8 Å². The largest absolute Gasteiger partial charge is 0.364 e. The highest BCUT2D eigenvalue weighted by molar-refractivity contribution is 5.91. The number of rotatable bonds is 7. The number of carbonyl (C=O) groups excluding carboxylic acids is 1. The Balaban J connectivity index is 1.61. The van der Waals surface area contributed by atoms with Crippen molar-refractivity contribution in [1.29, 1.82) is 0 Å². The molecule has 1 aliphatic carbocycles. The molecule has 6 heteroatoms. The van der Waals surface area contributed by atoms with Crippen molar-refractivity contribution in [1.82, 2.24) is 15.1 Å². The molecule has 0 unspecified atom stereocenters. The Labute approximate surface area is 148 Å². The summed E-state index contributed by atoms with van der Waals surface area (Å²) >= 11 is 0. The van der Waals surface area contributed by atoms with E-state index in [9.17, 15) is 4.79 Å². The molecule has 2 aromatic heterocycles. The summed E-state index contributed by atoms with van der Waals surface area (Å²) in [4.78, 5) is 19.7. The molecule has 1 saturated carbocycles. The molecule has 0 saturated heterocycles. The Morgan fingerprint density at radius 2 is 2.08 bits per heavy atom. The molecule has 0 atom stereocenters. The van der Waals surface area contributed by atoms with Crippen molar-refractivity contribution in [2.45, 2.75) is 64.2 Å². The minimum atomic E-state index is -0.563. The van der Waals surface area contributed by atoms with Gasteiger partial charge in [-0.2, -0.15) is 4.98 Å². The van der Waals surface area contributed by atoms with Gasteiger partial charge in [-0.15, -0.1) is 0 Å². The highest BCUT2D eigenvalue weighted by Crippen LogP contribution is 2.37. The third kappa shape index (κ3) is 4.44. The first-order valence-electron chi connectivity index (χ1n) is 9.27. The maximum atomic E-state index is 11.3. The monoisotopic (exact) mass is 342 g/mol. The van der Waals surface area contributed by atoms with E-state index in [1.165, 1.54) is 44.7 Å². The quantitative estimate of drug-likeness (QED) is 0.765. The summed E-state index contributed by atoms with van der Waals surface area (Å²) < 4.78 is 5.49. The van der Waals surface area contributed by atoms with Crippen LogP contribution in [0.1, 0.15) is 80.6 Å². The molecule has 2 aromatic rings. The number of primary amides is 1. The summed E-state index contributed by atoms with van der Waals surface area (Å²) in [7, 11) is 0. The maximum Gasteiger partial charge on any atom is 0.267 e. The zero-order chi connectivity index (χ0) is 17.6. The standard InChI is InChI=1S/C19H26N4O2/c1-2-3-4-5-13-6-8-14(9-7-13)19-22-18(23-25-19)15-10-11-21-16(12-15)17(20)24/h10-14H,2-9H2,1H3,(H2,20,24). The van der Waals surface area contributed by atoms with Gasteiger partial charge in [0.05, 0.1) is 0 Å². The van der Waals surface area contributed by atoms with Crippen molar-refractivity contribution >= 4 is 5.91 Å². The number of nitrogens with zero attached hydrogens (tertiary/aromatic N) is 3. The molecule has 0 spiro atoms. The lowest BCUT2D eigenvalue weighted by Gasteiger charge is -2.26. The molecule has 1 amide bonds. The molecule has 2 N–H and O–H groups in total. The number of pyridine rings is 1. The number of amides is 1. The second kappa shape index (κ2) is 8.23. The number of hydrogen-bond acceptors (Lipinski definition) is 5. The van der Waals surface area contributed by atoms with Crippen molar-refractivity contribution in [2.75, 3.05) is 0 Å². The SMILES string of the molecule is CCCCCC1CCC(c2nc(-c3ccnc(C(N)=O)c3)no2)CC1. The van der Waals surface area contributed by atoms with E-state index in [4.69, 9.17) is 10.3 Å². The van der Waals surface area contributed by atoms with Gasteiger partial charge in [-0.05, 0) is 43.7 Å². The lowest BCUT2D eigenvalue weighted by molar-refractivity contribution is 0.0995. The average molecular weight is 342 g/mol. The zero-order valence-corrected chi connectivity index (χ0v) is 14.8. The lowest BCUT2D eigenvalue weighted by Crippen LogP contribution is -2.13. The van der Waals surface area contributed by atoms with Crippen LogP contribution in [0.3, 0.4) is 0 Å². The zero-order valence-electron chi connectivity index (χ0n) is 14.8. The Bertz CT molecular complexity index is 705. The van der Waals surface area contributed by atoms with Crippen molar-refractivity contribution in [3.63, 3.8) is 0 Å². The number of unbranched alkanes of at least 4 members (excludes halogenated alkanes) is 2. The third-order valence-electron chi connectivity index (χ3n) is 5.12. The van der Waals surface area contributed by atoms with E-state index in [0.717, 1.165) is 18.8 Å². The van der Waals surface area contributed by atoms with Gasteiger partial charge in [-0.3, -0.25) is 9.78 Å². The van der Waals surface area contributed by atoms with Crippen molar-refractivity contribution in [2.24, 2.45) is 11.7 Å². The van der Waals surface area contributed by atoms with E-state index in [-0.39, 0.29) is 5.69 Å². The maximum absolute atomic E-state index is 11.3. The van der Waals surface area contributed by atoms with Crippen LogP contribution < -0.4 is 5.73 Å². The van der Waals surface area contributed by atoms with Crippen LogP contribution in [0.4, 0.5) is 0 Å². The second-order valence-electron chi connectivity index (χ2n) is 6.96. The molecule has 134 valence electrons. The van der Waals surface area contributed by atoms with Crippen LogP contribution >= 0.6 is 0 Å². The van der Waals surface area contributed by atoms with Gasteiger partial charge in [0.2, 0.25) is 11.7 Å². The van der Waals surface area contributed by atoms with Crippen molar-refractivity contribution in [3.8, 4) is 11.4 Å². The van der Waals surface area contributed by atoms with Gasteiger partial charge in [0.15, 0.2) is 0 Å². The molecule has 3 rings (SSSR count). The van der Waals surface area contributed by atoms with Gasteiger partial charge in [0.1, 0.15) is 5.69 Å². The summed E-state index contributed by atoms with van der Waals surface area (Å²) in [6.07, 6.45) is 11.6. The average Bonchev–Trinajstić information content (AvgIpc) is 3.13. The van der Waals surface area contributed by atoms with Gasteiger partial charge in [0, 0.05) is 17.7 Å². The predicted octanol–water partition coefficient (Wildman–Crippen LogP) is 4.08. The van der Waals surface area contributed by atoms with Crippen LogP contribution in [0, 0.1) is 5.92 Å². The van der Waals surface area contributed by atoms with Crippen LogP contribution in [-0.4, -0.2) is 21.0 Å². The molecule has 2 heterocycles. The molecule has 25 heavy (non-hydrogen) atoms. The fourth-order valence-electron chi connectivity index (χ4n) is 3.60. The minimum absolute atomic E-state index is 0.205. The van der Waals surface area contributed by atoms with Gasteiger partial charge in [-0.25, -0.2) is 0 Å². The molecular formula is C19H26N4O2. The van der Waals surface area contributed by atoms with E-state index in [1.807, 2.05) is 0 Å². The smallest absolute Gasteiger partial charge is 0.267 e. The summed E-state index contributed by atoms with van der Waals surface area (Å²) in [5, 5.41) is 4.08. The second-order valence-corrected chi connectivity index (χ2v) is 6.96. The van der Waals surface area contributed by atoms with Gasteiger partial charge in [0.25, 0.3) is 5.91 Å². The van der Waals surface area contributed by atoms with Crippen molar-refractivity contribution < 1.29 is 9.32 Å². The lowest BCUT2D eigenvalue weighted by atomic mass is 9.79. The Morgan fingerprint density at radius 3 is 2.80 bits per heavy atom. The third-order valence-corrected chi connectivity index (χ3v) is 5.12. The van der Waals surface area contributed by atoms with E-state index in [1.54, 1.807) is 12.1 Å². The fraction of sp³-hybridized carbons (Fsp3) is 0.579. The van der Waals surface area contributed by atoms with E-state index in [2.05, 4.69) is 22.0 Å². The molecule has 6 nitrogen and oxygen atoms in total. The first kappa shape index (κ1) is 17.6. The summed E-state index contributed by atoms with van der Waals surface area (Å²) in [5.74, 6) is 1.83. The normalized spacial score (nSPS) is 20.5. The highest BCUT2D eigenvalue weighted by atomic mass is 16.5. The number of hydrogen-bond donors (Lipinski definition) is 1. The Kier molecular flexibility index (Phi) is 5.79. The molecular weight excluding hydrogens is 316 g/mol. The molecule has 1 fully saturated rings. The molecule has 0 aliphatic heterocycles. The molecule has 1 aliphatic rings. The van der Waals surface area contributed by atoms with Crippen LogP contribution in [0.2, 0.25) is 0 Å². The van der Waals surface area contributed by atoms with Crippen LogP contribution in [-0.2, 0) is 0 Å². The number of carbonyl (C=O) groups is 1. The molecule has 0 bridgehead atoms. The van der Waals surface area contributed by atoms with E-state index in [0.29, 0.717) is 23.2 Å². The minimum Gasteiger partial charge on any atom is -0.364 e. The molecule has 0 radical (unpaired) electrons. The van der Waals surface area contributed by atoms with Crippen molar-refractivity contribution in [3.05, 3.63) is 29.9 Å². The molecule has 0 aromatic carbocycles. The highest BCUT2D eigenvalue weighted by Gasteiger charge is 2.26. The topological polar surface area (TPSA) is 94.9 Å². The summed E-state index contributed by atoms with van der Waals surface area (Å²) in [6.45, 7) is 2.25. The van der Waals surface area contributed by atoms with E-state index >= 15 is 0 Å². The number of aromatic nitrogens is 3. The Hall–Kier alpha value is -2.24. The first-order chi connectivity index (χ1) is 12.2. The van der Waals surface area contributed by atoms with Gasteiger partial charge >= 0.3 is 0 Å². The van der Waals surface area contributed by atoms with Gasteiger partial charge < -0.3 is 10.3 Å². The van der Waals surface area contributed by atoms with Crippen LogP contribution in [0.15, 0.2) is 22.9 Å². The fourth-order valence-corrected chi connectivity index (χ4v) is 3.60.